The van der Waals surface area contributed by atoms with Gasteiger partial charge in [0.25, 0.3) is 0 Å². The van der Waals surface area contributed by atoms with Crippen molar-refractivity contribution in [1.82, 2.24) is 0 Å². The lowest BCUT2D eigenvalue weighted by atomic mass is 10.1. The molecule has 0 saturated heterocycles. The van der Waals surface area contributed by atoms with Crippen molar-refractivity contribution in [3.8, 4) is 11.8 Å². The first-order chi connectivity index (χ1) is 10.2. The van der Waals surface area contributed by atoms with E-state index in [1.807, 2.05) is 0 Å². The molecule has 5 heteroatoms. The summed E-state index contributed by atoms with van der Waals surface area (Å²) in [5, 5.41) is 22.0. The number of benzene rings is 1. The van der Waals surface area contributed by atoms with Gasteiger partial charge < -0.3 is 10.4 Å². The first-order valence-electron chi connectivity index (χ1n) is 6.80. The highest BCUT2D eigenvalue weighted by molar-refractivity contribution is 7.16. The van der Waals surface area contributed by atoms with E-state index in [0.29, 0.717) is 10.6 Å². The molecule has 1 heterocycles. The van der Waals surface area contributed by atoms with Gasteiger partial charge >= 0.3 is 0 Å². The highest BCUT2D eigenvalue weighted by atomic mass is 32.1. The summed E-state index contributed by atoms with van der Waals surface area (Å²) >= 11 is 1.52. The quantitative estimate of drug-likeness (QED) is 0.915. The van der Waals surface area contributed by atoms with Gasteiger partial charge in [-0.1, -0.05) is 12.1 Å². The Hall–Kier alpha value is -2.32. The first kappa shape index (κ1) is 13.7. The van der Waals surface area contributed by atoms with Crippen LogP contribution in [0.4, 0.5) is 5.00 Å². The molecular weight excluding hydrogens is 284 g/mol. The number of carbonyl (C=O) groups excluding carboxylic acids is 1. The Labute approximate surface area is 126 Å². The van der Waals surface area contributed by atoms with Crippen molar-refractivity contribution in [3.63, 3.8) is 0 Å². The van der Waals surface area contributed by atoms with Gasteiger partial charge in [0.1, 0.15) is 16.8 Å². The minimum absolute atomic E-state index is 0.142. The van der Waals surface area contributed by atoms with Crippen LogP contribution in [-0.2, 0) is 24.1 Å². The van der Waals surface area contributed by atoms with Crippen molar-refractivity contribution >= 4 is 22.2 Å². The molecule has 106 valence electrons. The third-order valence-corrected chi connectivity index (χ3v) is 4.79. The van der Waals surface area contributed by atoms with Crippen molar-refractivity contribution in [3.05, 3.63) is 45.8 Å². The zero-order valence-corrected chi connectivity index (χ0v) is 12.2. The fourth-order valence-electron chi connectivity index (χ4n) is 2.58. The third-order valence-electron chi connectivity index (χ3n) is 3.59. The van der Waals surface area contributed by atoms with E-state index in [-0.39, 0.29) is 18.1 Å². The molecule has 0 unspecified atom stereocenters. The lowest BCUT2D eigenvalue weighted by Gasteiger charge is -2.04. The Balaban J connectivity index is 1.73. The summed E-state index contributed by atoms with van der Waals surface area (Å²) in [6, 6.07) is 8.77. The monoisotopic (exact) mass is 298 g/mol. The van der Waals surface area contributed by atoms with Crippen molar-refractivity contribution in [1.29, 1.82) is 5.26 Å². The van der Waals surface area contributed by atoms with E-state index in [1.165, 1.54) is 16.2 Å². The lowest BCUT2D eigenvalue weighted by Crippen LogP contribution is -2.14. The molecule has 0 radical (unpaired) electrons. The molecule has 4 nitrogen and oxygen atoms in total. The standard InChI is InChI=1S/C16H14N2O2S/c17-9-13-12-2-1-3-14(12)21-16(13)18-15(20)8-10-4-6-11(19)7-5-10/h4-7,19H,1-3,8H2,(H,18,20). The molecule has 2 N–H and O–H groups in total. The largest absolute Gasteiger partial charge is 0.508 e. The minimum Gasteiger partial charge on any atom is -0.508 e. The summed E-state index contributed by atoms with van der Waals surface area (Å²) in [5.41, 5.74) is 2.57. The lowest BCUT2D eigenvalue weighted by molar-refractivity contribution is -0.115. The van der Waals surface area contributed by atoms with Crippen molar-refractivity contribution in [2.45, 2.75) is 25.7 Å². The molecule has 1 aliphatic carbocycles. The van der Waals surface area contributed by atoms with Crippen LogP contribution in [0.3, 0.4) is 0 Å². The van der Waals surface area contributed by atoms with E-state index in [1.54, 1.807) is 24.3 Å². The van der Waals surface area contributed by atoms with Gasteiger partial charge in [-0.2, -0.15) is 5.26 Å². The summed E-state index contributed by atoms with van der Waals surface area (Å²) in [5.74, 6) is 0.0396. The van der Waals surface area contributed by atoms with Crippen LogP contribution >= 0.6 is 11.3 Å². The molecule has 1 aliphatic rings. The maximum absolute atomic E-state index is 12.1. The summed E-state index contributed by atoms with van der Waals surface area (Å²) in [6.45, 7) is 0. The second-order valence-electron chi connectivity index (χ2n) is 5.06. The number of phenolic OH excluding ortho intramolecular Hbond substituents is 1. The number of hydrogen-bond acceptors (Lipinski definition) is 4. The molecule has 2 aromatic rings. The molecular formula is C16H14N2O2S. The molecule has 0 fully saturated rings. The summed E-state index contributed by atoms with van der Waals surface area (Å²) < 4.78 is 0. The number of anilines is 1. The van der Waals surface area contributed by atoms with Gasteiger partial charge in [-0.05, 0) is 42.5 Å². The molecule has 3 rings (SSSR count). The van der Waals surface area contributed by atoms with Crippen LogP contribution in [0.1, 0.15) is 28.0 Å². The van der Waals surface area contributed by atoms with E-state index in [9.17, 15) is 15.2 Å². The molecule has 0 saturated carbocycles. The number of carbonyl (C=O) groups is 1. The average Bonchev–Trinajstić information content (AvgIpc) is 3.01. The number of hydrogen-bond donors (Lipinski definition) is 2. The Kier molecular flexibility index (Phi) is 3.63. The number of amides is 1. The predicted molar refractivity (Wildman–Crippen MR) is 81.5 cm³/mol. The number of nitrogens with one attached hydrogen (secondary N) is 1. The summed E-state index contributed by atoms with van der Waals surface area (Å²) in [4.78, 5) is 13.3. The van der Waals surface area contributed by atoms with Gasteiger partial charge in [0, 0.05) is 4.88 Å². The van der Waals surface area contributed by atoms with Crippen LogP contribution in [0.5, 0.6) is 5.75 Å². The maximum Gasteiger partial charge on any atom is 0.229 e. The summed E-state index contributed by atoms with van der Waals surface area (Å²) in [7, 11) is 0. The molecule has 1 aromatic heterocycles. The van der Waals surface area contributed by atoms with Crippen molar-refractivity contribution in [2.24, 2.45) is 0 Å². The summed E-state index contributed by atoms with van der Waals surface area (Å²) in [6.07, 6.45) is 3.26. The molecule has 0 atom stereocenters. The van der Waals surface area contributed by atoms with Gasteiger partial charge in [0.05, 0.1) is 12.0 Å². The number of fused-ring (bicyclic) bond motifs is 1. The fourth-order valence-corrected chi connectivity index (χ4v) is 3.84. The highest BCUT2D eigenvalue weighted by Crippen LogP contribution is 2.38. The number of thiophene rings is 1. The Morgan fingerprint density at radius 2 is 2.10 bits per heavy atom. The Morgan fingerprint density at radius 1 is 1.33 bits per heavy atom. The van der Waals surface area contributed by atoms with Crippen molar-refractivity contribution in [2.75, 3.05) is 5.32 Å². The van der Waals surface area contributed by atoms with E-state index in [0.717, 1.165) is 30.4 Å². The van der Waals surface area contributed by atoms with Gasteiger partial charge in [-0.3, -0.25) is 4.79 Å². The SMILES string of the molecule is N#Cc1c(NC(=O)Cc2ccc(O)cc2)sc2c1CCC2. The topological polar surface area (TPSA) is 73.1 Å². The molecule has 1 amide bonds. The van der Waals surface area contributed by atoms with Gasteiger partial charge in [0.2, 0.25) is 5.91 Å². The van der Waals surface area contributed by atoms with E-state index in [2.05, 4.69) is 11.4 Å². The number of phenols is 1. The second kappa shape index (κ2) is 5.58. The molecule has 0 aliphatic heterocycles. The number of aryl methyl sites for hydroxylation is 1. The number of nitrogens with zero attached hydrogens (tertiary/aromatic N) is 1. The Morgan fingerprint density at radius 3 is 2.81 bits per heavy atom. The number of rotatable bonds is 3. The molecule has 21 heavy (non-hydrogen) atoms. The van der Waals surface area contributed by atoms with E-state index >= 15 is 0 Å². The van der Waals surface area contributed by atoms with E-state index in [4.69, 9.17) is 0 Å². The minimum atomic E-state index is -0.142. The molecule has 1 aromatic carbocycles. The van der Waals surface area contributed by atoms with Gasteiger partial charge in [0.15, 0.2) is 0 Å². The number of nitriles is 1. The average molecular weight is 298 g/mol. The van der Waals surface area contributed by atoms with Gasteiger partial charge in [-0.15, -0.1) is 11.3 Å². The normalized spacial score (nSPS) is 12.7. The maximum atomic E-state index is 12.1. The Bertz CT molecular complexity index is 726. The highest BCUT2D eigenvalue weighted by Gasteiger charge is 2.22. The van der Waals surface area contributed by atoms with Crippen LogP contribution in [-0.4, -0.2) is 11.0 Å². The van der Waals surface area contributed by atoms with Crippen LogP contribution < -0.4 is 5.32 Å². The van der Waals surface area contributed by atoms with E-state index < -0.39 is 0 Å². The number of aromatic hydroxyl groups is 1. The zero-order valence-electron chi connectivity index (χ0n) is 11.3. The van der Waals surface area contributed by atoms with Crippen molar-refractivity contribution < 1.29 is 9.90 Å². The smallest absolute Gasteiger partial charge is 0.229 e. The third kappa shape index (κ3) is 2.76. The molecule has 0 spiro atoms. The zero-order chi connectivity index (χ0) is 14.8. The van der Waals surface area contributed by atoms with Crippen LogP contribution in [0.25, 0.3) is 0 Å². The van der Waals surface area contributed by atoms with Crippen LogP contribution in [0, 0.1) is 11.3 Å². The van der Waals surface area contributed by atoms with Gasteiger partial charge in [-0.25, -0.2) is 0 Å². The fraction of sp³-hybridized carbons (Fsp3) is 0.250. The second-order valence-corrected chi connectivity index (χ2v) is 6.17. The molecule has 0 bridgehead atoms. The van der Waals surface area contributed by atoms with Crippen LogP contribution in [0.15, 0.2) is 24.3 Å². The predicted octanol–water partition coefficient (Wildman–Crippen LogP) is 3.00. The first-order valence-corrected chi connectivity index (χ1v) is 7.61. The van der Waals surface area contributed by atoms with Crippen LogP contribution in [0.2, 0.25) is 0 Å².